The lowest BCUT2D eigenvalue weighted by atomic mass is 10.2. The van der Waals surface area contributed by atoms with Crippen LogP contribution in [0.3, 0.4) is 0 Å². The predicted octanol–water partition coefficient (Wildman–Crippen LogP) is 3.92. The Morgan fingerprint density at radius 2 is 1.78 bits per heavy atom. The van der Waals surface area contributed by atoms with Crippen LogP contribution in [0, 0.1) is 11.6 Å². The molecule has 0 unspecified atom stereocenters. The SMILES string of the molecule is CN(CCCCCn1nnc(-c2ccccc2)n1)Cc1ccc(F)c(F)c1. The zero-order valence-corrected chi connectivity index (χ0v) is 15.4. The number of benzene rings is 2. The fraction of sp³-hybridized carbons (Fsp3) is 0.350. The maximum atomic E-state index is 13.2. The van der Waals surface area contributed by atoms with Crippen molar-refractivity contribution in [1.29, 1.82) is 0 Å². The lowest BCUT2D eigenvalue weighted by molar-refractivity contribution is 0.313. The van der Waals surface area contributed by atoms with E-state index >= 15 is 0 Å². The third-order valence-electron chi connectivity index (χ3n) is 4.32. The minimum atomic E-state index is -0.807. The number of aryl methyl sites for hydroxylation is 1. The van der Waals surface area contributed by atoms with Gasteiger partial charge in [0.05, 0.1) is 6.54 Å². The molecule has 0 saturated carbocycles. The van der Waals surface area contributed by atoms with Crippen LogP contribution in [-0.4, -0.2) is 38.7 Å². The molecule has 0 spiro atoms. The van der Waals surface area contributed by atoms with Gasteiger partial charge in [-0.05, 0) is 49.3 Å². The van der Waals surface area contributed by atoms with Crippen molar-refractivity contribution in [2.24, 2.45) is 0 Å². The highest BCUT2D eigenvalue weighted by molar-refractivity contribution is 5.52. The lowest BCUT2D eigenvalue weighted by Gasteiger charge is -2.16. The number of unbranched alkanes of at least 4 members (excludes halogenated alkanes) is 2. The Hall–Kier alpha value is -2.67. The Balaban J connectivity index is 1.35. The summed E-state index contributed by atoms with van der Waals surface area (Å²) in [5.74, 6) is -0.962. The van der Waals surface area contributed by atoms with Crippen molar-refractivity contribution < 1.29 is 8.78 Å². The molecule has 0 radical (unpaired) electrons. The topological polar surface area (TPSA) is 46.8 Å². The van der Waals surface area contributed by atoms with Crippen molar-refractivity contribution in [2.75, 3.05) is 13.6 Å². The highest BCUT2D eigenvalue weighted by Crippen LogP contribution is 2.13. The van der Waals surface area contributed by atoms with Gasteiger partial charge in [0.1, 0.15) is 0 Å². The molecule has 1 heterocycles. The molecular formula is C20H23F2N5. The Kier molecular flexibility index (Phi) is 6.59. The molecule has 5 nitrogen and oxygen atoms in total. The Morgan fingerprint density at radius 3 is 2.56 bits per heavy atom. The summed E-state index contributed by atoms with van der Waals surface area (Å²) >= 11 is 0. The second kappa shape index (κ2) is 9.32. The maximum Gasteiger partial charge on any atom is 0.204 e. The first-order valence-electron chi connectivity index (χ1n) is 9.07. The van der Waals surface area contributed by atoms with Crippen molar-refractivity contribution in [3.8, 4) is 11.4 Å². The average Bonchev–Trinajstić information content (AvgIpc) is 3.14. The van der Waals surface area contributed by atoms with Gasteiger partial charge in [-0.2, -0.15) is 4.80 Å². The third-order valence-corrected chi connectivity index (χ3v) is 4.32. The van der Waals surface area contributed by atoms with Gasteiger partial charge in [-0.1, -0.05) is 42.8 Å². The van der Waals surface area contributed by atoms with Gasteiger partial charge in [-0.15, -0.1) is 10.2 Å². The molecule has 0 atom stereocenters. The molecule has 142 valence electrons. The van der Waals surface area contributed by atoms with Gasteiger partial charge in [-0.25, -0.2) is 8.78 Å². The van der Waals surface area contributed by atoms with Gasteiger partial charge >= 0.3 is 0 Å². The van der Waals surface area contributed by atoms with E-state index in [0.717, 1.165) is 43.5 Å². The summed E-state index contributed by atoms with van der Waals surface area (Å²) in [6.07, 6.45) is 3.01. The summed E-state index contributed by atoms with van der Waals surface area (Å²) in [7, 11) is 1.98. The maximum absolute atomic E-state index is 13.2. The van der Waals surface area contributed by atoms with E-state index in [1.54, 1.807) is 10.9 Å². The molecule has 0 aliphatic heterocycles. The van der Waals surface area contributed by atoms with E-state index in [-0.39, 0.29) is 0 Å². The average molecular weight is 371 g/mol. The summed E-state index contributed by atoms with van der Waals surface area (Å²) in [4.78, 5) is 3.74. The minimum Gasteiger partial charge on any atom is -0.302 e. The Bertz CT molecular complexity index is 851. The molecular weight excluding hydrogens is 348 g/mol. The molecule has 7 heteroatoms. The van der Waals surface area contributed by atoms with E-state index in [4.69, 9.17) is 0 Å². The van der Waals surface area contributed by atoms with E-state index in [0.29, 0.717) is 12.4 Å². The van der Waals surface area contributed by atoms with Crippen LogP contribution in [0.25, 0.3) is 11.4 Å². The van der Waals surface area contributed by atoms with E-state index < -0.39 is 11.6 Å². The molecule has 2 aromatic carbocycles. The standard InChI is InChI=1S/C20H23F2N5/c1-26(15-16-10-11-18(21)19(22)14-16)12-6-3-7-13-27-24-20(23-25-27)17-8-4-2-5-9-17/h2,4-5,8-11,14H,3,6-7,12-13,15H2,1H3. The molecule has 0 saturated heterocycles. The van der Waals surface area contributed by atoms with E-state index in [1.807, 2.05) is 37.4 Å². The molecule has 27 heavy (non-hydrogen) atoms. The highest BCUT2D eigenvalue weighted by Gasteiger charge is 2.06. The quantitative estimate of drug-likeness (QED) is 0.535. The first-order chi connectivity index (χ1) is 13.1. The van der Waals surface area contributed by atoms with Crippen LogP contribution >= 0.6 is 0 Å². The van der Waals surface area contributed by atoms with Crippen molar-refractivity contribution in [2.45, 2.75) is 32.4 Å². The normalized spacial score (nSPS) is 11.3. The molecule has 0 bridgehead atoms. The number of aromatic nitrogens is 4. The largest absolute Gasteiger partial charge is 0.302 e. The minimum absolute atomic E-state index is 0.599. The molecule has 0 aliphatic carbocycles. The molecule has 1 aromatic heterocycles. The molecule has 3 aromatic rings. The van der Waals surface area contributed by atoms with Gasteiger partial charge in [0.2, 0.25) is 5.82 Å². The van der Waals surface area contributed by atoms with E-state index in [1.165, 1.54) is 12.1 Å². The first kappa shape index (κ1) is 19.1. The fourth-order valence-corrected chi connectivity index (χ4v) is 2.88. The third kappa shape index (κ3) is 5.65. The second-order valence-corrected chi connectivity index (χ2v) is 6.62. The summed E-state index contributed by atoms with van der Waals surface area (Å²) in [6, 6.07) is 13.8. The van der Waals surface area contributed by atoms with Crippen LogP contribution in [0.5, 0.6) is 0 Å². The number of halogens is 2. The summed E-state index contributed by atoms with van der Waals surface area (Å²) in [5.41, 5.74) is 1.74. The second-order valence-electron chi connectivity index (χ2n) is 6.62. The smallest absolute Gasteiger partial charge is 0.204 e. The highest BCUT2D eigenvalue weighted by atomic mass is 19.2. The zero-order chi connectivity index (χ0) is 19.1. The van der Waals surface area contributed by atoms with E-state index in [9.17, 15) is 8.78 Å². The lowest BCUT2D eigenvalue weighted by Crippen LogP contribution is -2.19. The molecule has 0 amide bonds. The number of tetrazole rings is 1. The van der Waals surface area contributed by atoms with Crippen molar-refractivity contribution in [3.63, 3.8) is 0 Å². The van der Waals surface area contributed by atoms with Gasteiger partial charge in [-0.3, -0.25) is 0 Å². The van der Waals surface area contributed by atoms with Gasteiger partial charge in [0.25, 0.3) is 0 Å². The van der Waals surface area contributed by atoms with Crippen molar-refractivity contribution >= 4 is 0 Å². The number of rotatable bonds is 9. The van der Waals surface area contributed by atoms with Gasteiger partial charge in [0, 0.05) is 12.1 Å². The molecule has 0 N–H and O–H groups in total. The summed E-state index contributed by atoms with van der Waals surface area (Å²) in [5, 5.41) is 12.6. The van der Waals surface area contributed by atoms with Crippen LogP contribution < -0.4 is 0 Å². The number of hydrogen-bond acceptors (Lipinski definition) is 4. The van der Waals surface area contributed by atoms with Crippen LogP contribution in [0.15, 0.2) is 48.5 Å². The number of hydrogen-bond donors (Lipinski definition) is 0. The van der Waals surface area contributed by atoms with Crippen molar-refractivity contribution in [3.05, 3.63) is 65.7 Å². The first-order valence-corrected chi connectivity index (χ1v) is 9.07. The van der Waals surface area contributed by atoms with Crippen LogP contribution in [0.2, 0.25) is 0 Å². The molecule has 3 rings (SSSR count). The summed E-state index contributed by atoms with van der Waals surface area (Å²) in [6.45, 7) is 2.22. The molecule has 0 aliphatic rings. The van der Waals surface area contributed by atoms with Crippen LogP contribution in [0.4, 0.5) is 8.78 Å². The Morgan fingerprint density at radius 1 is 0.963 bits per heavy atom. The predicted molar refractivity (Wildman–Crippen MR) is 99.8 cm³/mol. The van der Waals surface area contributed by atoms with Crippen LogP contribution in [-0.2, 0) is 13.1 Å². The fourth-order valence-electron chi connectivity index (χ4n) is 2.88. The number of nitrogens with zero attached hydrogens (tertiary/aromatic N) is 5. The van der Waals surface area contributed by atoms with E-state index in [2.05, 4.69) is 20.3 Å². The van der Waals surface area contributed by atoms with Crippen LogP contribution in [0.1, 0.15) is 24.8 Å². The van der Waals surface area contributed by atoms with Crippen molar-refractivity contribution in [1.82, 2.24) is 25.1 Å². The Labute approximate surface area is 157 Å². The van der Waals surface area contributed by atoms with Gasteiger partial charge in [0.15, 0.2) is 11.6 Å². The zero-order valence-electron chi connectivity index (χ0n) is 15.4. The molecule has 0 fully saturated rings. The monoisotopic (exact) mass is 371 g/mol. The summed E-state index contributed by atoms with van der Waals surface area (Å²) < 4.78 is 26.2. The van der Waals surface area contributed by atoms with Gasteiger partial charge < -0.3 is 4.90 Å².